The fourth-order valence-corrected chi connectivity index (χ4v) is 1.80. The Hall–Kier alpha value is -2.56. The quantitative estimate of drug-likeness (QED) is 0.897. The summed E-state index contributed by atoms with van der Waals surface area (Å²) < 4.78 is 10.3. The molecule has 0 fully saturated rings. The molecular weight excluding hydrogens is 256 g/mol. The van der Waals surface area contributed by atoms with Gasteiger partial charge in [0.15, 0.2) is 23.9 Å². The van der Waals surface area contributed by atoms with Crippen molar-refractivity contribution in [2.24, 2.45) is 0 Å². The molecule has 5 nitrogen and oxygen atoms in total. The molecule has 0 bridgehead atoms. The molecule has 2 aromatic rings. The zero-order chi connectivity index (χ0) is 14.4. The predicted molar refractivity (Wildman–Crippen MR) is 73.7 cm³/mol. The molecule has 2 N–H and O–H groups in total. The Balaban J connectivity index is 2.06. The first-order chi connectivity index (χ1) is 9.74. The number of aromatic nitrogens is 1. The third-order valence-corrected chi connectivity index (χ3v) is 2.89. The lowest BCUT2D eigenvalue weighted by Gasteiger charge is -2.09. The van der Waals surface area contributed by atoms with E-state index >= 15 is 0 Å². The number of benzene rings is 1. The summed E-state index contributed by atoms with van der Waals surface area (Å²) in [5.74, 6) is 0.982. The van der Waals surface area contributed by atoms with Crippen molar-refractivity contribution in [3.8, 4) is 11.5 Å². The molecular formula is C15H17N2O3+. The Labute approximate surface area is 117 Å². The van der Waals surface area contributed by atoms with Crippen LogP contribution in [0.25, 0.3) is 0 Å². The molecule has 0 aliphatic rings. The molecule has 0 unspecified atom stereocenters. The smallest absolute Gasteiger partial charge is 0.251 e. The SMILES string of the molecule is COc1ccc(C(=O)NCc2cc[nH+]cc2)cc1OC. The van der Waals surface area contributed by atoms with Gasteiger partial charge >= 0.3 is 0 Å². The number of hydrogen-bond donors (Lipinski definition) is 1. The summed E-state index contributed by atoms with van der Waals surface area (Å²) in [5, 5.41) is 2.85. The van der Waals surface area contributed by atoms with Crippen LogP contribution in [0.5, 0.6) is 11.5 Å². The highest BCUT2D eigenvalue weighted by molar-refractivity contribution is 5.94. The molecule has 0 spiro atoms. The summed E-state index contributed by atoms with van der Waals surface area (Å²) in [7, 11) is 3.10. The average Bonchev–Trinajstić information content (AvgIpc) is 2.52. The predicted octanol–water partition coefficient (Wildman–Crippen LogP) is 1.45. The van der Waals surface area contributed by atoms with Gasteiger partial charge in [-0.05, 0) is 23.8 Å². The third kappa shape index (κ3) is 3.26. The van der Waals surface area contributed by atoms with Gasteiger partial charge in [0.1, 0.15) is 0 Å². The number of ether oxygens (including phenoxy) is 2. The van der Waals surface area contributed by atoms with Crippen molar-refractivity contribution in [2.45, 2.75) is 6.54 Å². The van der Waals surface area contributed by atoms with Crippen molar-refractivity contribution in [3.63, 3.8) is 0 Å². The van der Waals surface area contributed by atoms with Gasteiger partial charge in [0.05, 0.1) is 14.2 Å². The van der Waals surface area contributed by atoms with Gasteiger partial charge in [-0.3, -0.25) is 4.79 Å². The summed E-state index contributed by atoms with van der Waals surface area (Å²) in [6, 6.07) is 8.90. The molecule has 0 aliphatic heterocycles. The van der Waals surface area contributed by atoms with Gasteiger partial charge in [0.2, 0.25) is 0 Å². The topological polar surface area (TPSA) is 61.7 Å². The number of amides is 1. The van der Waals surface area contributed by atoms with Crippen molar-refractivity contribution >= 4 is 5.91 Å². The lowest BCUT2D eigenvalue weighted by Crippen LogP contribution is -2.23. The van der Waals surface area contributed by atoms with Crippen LogP contribution in [0.3, 0.4) is 0 Å². The molecule has 2 rings (SSSR count). The Kier molecular flexibility index (Phi) is 4.55. The zero-order valence-electron chi connectivity index (χ0n) is 11.5. The maximum Gasteiger partial charge on any atom is 0.251 e. The second-order valence-corrected chi connectivity index (χ2v) is 4.16. The second kappa shape index (κ2) is 6.56. The molecule has 0 aliphatic carbocycles. The highest BCUT2D eigenvalue weighted by atomic mass is 16.5. The molecule has 0 saturated carbocycles. The van der Waals surface area contributed by atoms with Crippen molar-refractivity contribution in [1.29, 1.82) is 0 Å². The summed E-state index contributed by atoms with van der Waals surface area (Å²) in [5.41, 5.74) is 1.56. The molecule has 5 heteroatoms. The van der Waals surface area contributed by atoms with E-state index in [2.05, 4.69) is 10.3 Å². The first-order valence-corrected chi connectivity index (χ1v) is 6.20. The van der Waals surface area contributed by atoms with Crippen molar-refractivity contribution in [1.82, 2.24) is 5.32 Å². The van der Waals surface area contributed by atoms with Crippen LogP contribution in [0.1, 0.15) is 15.9 Å². The van der Waals surface area contributed by atoms with Crippen molar-refractivity contribution in [2.75, 3.05) is 14.2 Å². The third-order valence-electron chi connectivity index (χ3n) is 2.89. The minimum atomic E-state index is -0.154. The van der Waals surface area contributed by atoms with Crippen molar-refractivity contribution < 1.29 is 19.3 Å². The zero-order valence-corrected chi connectivity index (χ0v) is 11.5. The number of H-pyrrole nitrogens is 1. The average molecular weight is 273 g/mol. The number of rotatable bonds is 5. The second-order valence-electron chi connectivity index (χ2n) is 4.16. The maximum atomic E-state index is 12.1. The first-order valence-electron chi connectivity index (χ1n) is 6.20. The van der Waals surface area contributed by atoms with E-state index in [-0.39, 0.29) is 5.91 Å². The van der Waals surface area contributed by atoms with E-state index in [1.807, 2.05) is 24.5 Å². The fourth-order valence-electron chi connectivity index (χ4n) is 1.80. The van der Waals surface area contributed by atoms with Gasteiger partial charge in [-0.2, -0.15) is 0 Å². The number of nitrogens with one attached hydrogen (secondary N) is 2. The van der Waals surface area contributed by atoms with E-state index in [4.69, 9.17) is 9.47 Å². The number of aromatic amines is 1. The Morgan fingerprint density at radius 2 is 1.80 bits per heavy atom. The van der Waals surface area contributed by atoms with Crippen LogP contribution >= 0.6 is 0 Å². The minimum absolute atomic E-state index is 0.154. The lowest BCUT2D eigenvalue weighted by atomic mass is 10.2. The molecule has 1 aromatic heterocycles. The molecule has 0 radical (unpaired) electrons. The summed E-state index contributed by atoms with van der Waals surface area (Å²) in [4.78, 5) is 15.0. The van der Waals surface area contributed by atoms with Gasteiger partial charge < -0.3 is 14.8 Å². The van der Waals surface area contributed by atoms with E-state index in [1.54, 1.807) is 32.4 Å². The van der Waals surface area contributed by atoms with E-state index in [0.29, 0.717) is 23.6 Å². The van der Waals surface area contributed by atoms with Gasteiger partial charge in [-0.25, -0.2) is 4.98 Å². The van der Waals surface area contributed by atoms with E-state index < -0.39 is 0 Å². The molecule has 1 heterocycles. The Morgan fingerprint density at radius 1 is 1.10 bits per heavy atom. The van der Waals surface area contributed by atoms with Crippen LogP contribution in [-0.2, 0) is 6.54 Å². The number of methoxy groups -OCH3 is 2. The van der Waals surface area contributed by atoms with Gasteiger partial charge in [0, 0.05) is 24.2 Å². The number of pyridine rings is 1. The van der Waals surface area contributed by atoms with E-state index in [1.165, 1.54) is 0 Å². The minimum Gasteiger partial charge on any atom is -0.493 e. The van der Waals surface area contributed by atoms with Crippen LogP contribution in [0.15, 0.2) is 42.7 Å². The normalized spacial score (nSPS) is 9.90. The molecule has 0 atom stereocenters. The van der Waals surface area contributed by atoms with Crippen LogP contribution < -0.4 is 19.8 Å². The van der Waals surface area contributed by atoms with E-state index in [9.17, 15) is 4.79 Å². The van der Waals surface area contributed by atoms with Crippen LogP contribution in [-0.4, -0.2) is 20.1 Å². The lowest BCUT2D eigenvalue weighted by molar-refractivity contribution is -0.378. The molecule has 104 valence electrons. The molecule has 1 amide bonds. The van der Waals surface area contributed by atoms with Crippen molar-refractivity contribution in [3.05, 3.63) is 53.9 Å². The maximum absolute atomic E-state index is 12.1. The standard InChI is InChI=1S/C15H16N2O3/c1-19-13-4-3-12(9-14(13)20-2)15(18)17-10-11-5-7-16-8-6-11/h3-9H,10H2,1-2H3,(H,17,18)/p+1. The molecule has 0 saturated heterocycles. The Bertz CT molecular complexity index is 585. The molecule has 1 aromatic carbocycles. The van der Waals surface area contributed by atoms with E-state index in [0.717, 1.165) is 5.56 Å². The number of carbonyl (C=O) groups excluding carboxylic acids is 1. The highest BCUT2D eigenvalue weighted by Gasteiger charge is 2.10. The van der Waals surface area contributed by atoms with Gasteiger partial charge in [-0.1, -0.05) is 0 Å². The number of hydrogen-bond acceptors (Lipinski definition) is 3. The summed E-state index contributed by atoms with van der Waals surface area (Å²) >= 11 is 0. The summed E-state index contributed by atoms with van der Waals surface area (Å²) in [6.45, 7) is 0.474. The fraction of sp³-hybridized carbons (Fsp3) is 0.200. The number of carbonyl (C=O) groups is 1. The van der Waals surface area contributed by atoms with Crippen LogP contribution in [0, 0.1) is 0 Å². The first kappa shape index (κ1) is 13.9. The summed E-state index contributed by atoms with van der Waals surface area (Å²) in [6.07, 6.45) is 3.63. The largest absolute Gasteiger partial charge is 0.493 e. The highest BCUT2D eigenvalue weighted by Crippen LogP contribution is 2.27. The molecule has 20 heavy (non-hydrogen) atoms. The van der Waals surface area contributed by atoms with Crippen LogP contribution in [0.2, 0.25) is 0 Å². The Morgan fingerprint density at radius 3 is 2.45 bits per heavy atom. The van der Waals surface area contributed by atoms with Gasteiger partial charge in [0.25, 0.3) is 5.91 Å². The monoisotopic (exact) mass is 273 g/mol. The van der Waals surface area contributed by atoms with Crippen LogP contribution in [0.4, 0.5) is 0 Å². The van der Waals surface area contributed by atoms with Gasteiger partial charge in [-0.15, -0.1) is 0 Å².